The van der Waals surface area contributed by atoms with Gasteiger partial charge in [0, 0.05) is 35.3 Å². The quantitative estimate of drug-likeness (QED) is 0.0925. The van der Waals surface area contributed by atoms with Gasteiger partial charge in [0.15, 0.2) is 0 Å². The molecule has 0 aliphatic heterocycles. The van der Waals surface area contributed by atoms with E-state index in [1.54, 1.807) is 20.8 Å². The lowest BCUT2D eigenvalue weighted by atomic mass is 10.1. The number of amides is 1. The van der Waals surface area contributed by atoms with Crippen LogP contribution < -0.4 is 10.6 Å². The number of rotatable bonds is 17. The minimum atomic E-state index is -0.986. The molecule has 0 aliphatic carbocycles. The molecular formula is C33H60N2O8. The Kier molecular flexibility index (Phi) is 32.8. The first-order chi connectivity index (χ1) is 19.9. The zero-order valence-electron chi connectivity index (χ0n) is 28.1. The molecule has 0 spiro atoms. The molecule has 10 heteroatoms. The molecule has 1 unspecified atom stereocenters. The van der Waals surface area contributed by atoms with E-state index < -0.39 is 12.1 Å². The SMILES string of the molecule is C=C(C)C(=O)OC.C=C(CCC(C)O)C(=O)O.C=C(CNC(C)(C)C)C(=O)OCC.C=CC(=O)NCCCCCCCC. The van der Waals surface area contributed by atoms with Crippen molar-refractivity contribution >= 4 is 23.8 Å². The highest BCUT2D eigenvalue weighted by atomic mass is 16.5. The second-order valence-corrected chi connectivity index (χ2v) is 10.8. The third-order valence-corrected chi connectivity index (χ3v) is 5.11. The lowest BCUT2D eigenvalue weighted by Gasteiger charge is -2.20. The van der Waals surface area contributed by atoms with Gasteiger partial charge in [-0.25, -0.2) is 14.4 Å². The van der Waals surface area contributed by atoms with Crippen molar-refractivity contribution in [2.75, 3.05) is 26.8 Å². The van der Waals surface area contributed by atoms with Crippen LogP contribution in [-0.4, -0.2) is 72.5 Å². The molecule has 43 heavy (non-hydrogen) atoms. The van der Waals surface area contributed by atoms with Crippen molar-refractivity contribution in [2.45, 2.75) is 111 Å². The number of ether oxygens (including phenoxy) is 2. The van der Waals surface area contributed by atoms with Crippen molar-refractivity contribution < 1.29 is 38.9 Å². The average molecular weight is 613 g/mol. The molecule has 0 aromatic rings. The molecule has 250 valence electrons. The maximum Gasteiger partial charge on any atom is 0.334 e. The number of nitrogens with one attached hydrogen (secondary N) is 2. The first-order valence-electron chi connectivity index (χ1n) is 14.7. The third kappa shape index (κ3) is 41.0. The van der Waals surface area contributed by atoms with Gasteiger partial charge in [0.05, 0.1) is 19.8 Å². The van der Waals surface area contributed by atoms with Gasteiger partial charge in [0.25, 0.3) is 0 Å². The standard InChI is InChI=1S/C11H21NO.C10H19NO2.C7H12O3.C5H8O2/c1-3-5-6-7-8-9-10-12-11(13)4-2;1-6-13-9(12)8(2)7-11-10(3,4)5;1-5(7(9)10)3-4-6(2)8;1-4(2)5(6)7-3/h4H,2-3,5-10H2,1H3,(H,12,13);11H,2,6-7H2,1,3-5H3;6,8H,1,3-4H2,2H3,(H,9,10);1H2,2-3H3. The summed E-state index contributed by atoms with van der Waals surface area (Å²) in [7, 11) is 1.33. The fraction of sp³-hybridized carbons (Fsp3) is 0.636. The fourth-order valence-corrected chi connectivity index (χ4v) is 2.53. The molecule has 0 saturated heterocycles. The van der Waals surface area contributed by atoms with Crippen LogP contribution in [0, 0.1) is 0 Å². The van der Waals surface area contributed by atoms with Crippen molar-refractivity contribution in [2.24, 2.45) is 0 Å². The highest BCUT2D eigenvalue weighted by Gasteiger charge is 2.12. The Bertz CT molecular complexity index is 842. The molecule has 0 radical (unpaired) electrons. The molecule has 0 aliphatic rings. The van der Waals surface area contributed by atoms with E-state index in [1.165, 1.54) is 45.3 Å². The van der Waals surface area contributed by atoms with Crippen LogP contribution >= 0.6 is 0 Å². The zero-order chi connectivity index (χ0) is 34.4. The third-order valence-electron chi connectivity index (χ3n) is 5.11. The summed E-state index contributed by atoms with van der Waals surface area (Å²) in [5.74, 6) is -1.71. The molecule has 0 aromatic heterocycles. The summed E-state index contributed by atoms with van der Waals surface area (Å²) in [6.45, 7) is 28.7. The average Bonchev–Trinajstić information content (AvgIpc) is 2.93. The topological polar surface area (TPSA) is 151 Å². The van der Waals surface area contributed by atoms with Crippen molar-refractivity contribution in [1.29, 1.82) is 0 Å². The molecule has 1 amide bonds. The number of esters is 2. The maximum absolute atomic E-state index is 11.1. The van der Waals surface area contributed by atoms with Gasteiger partial charge in [0.1, 0.15) is 0 Å². The van der Waals surface area contributed by atoms with E-state index in [1.807, 2.05) is 20.8 Å². The number of hydrogen-bond donors (Lipinski definition) is 4. The number of methoxy groups -OCH3 is 1. The van der Waals surface area contributed by atoms with E-state index >= 15 is 0 Å². The van der Waals surface area contributed by atoms with Crippen LogP contribution in [-0.2, 0) is 28.7 Å². The second-order valence-electron chi connectivity index (χ2n) is 10.8. The molecule has 0 fully saturated rings. The van der Waals surface area contributed by atoms with Crippen LogP contribution in [0.15, 0.2) is 49.1 Å². The smallest absolute Gasteiger partial charge is 0.334 e. The molecule has 0 heterocycles. The largest absolute Gasteiger partial charge is 0.478 e. The summed E-state index contributed by atoms with van der Waals surface area (Å²) in [5, 5.41) is 23.0. The number of unbranched alkanes of at least 4 members (excludes halogenated alkanes) is 5. The lowest BCUT2D eigenvalue weighted by molar-refractivity contribution is -0.138. The number of aliphatic hydroxyl groups is 1. The first-order valence-corrected chi connectivity index (χ1v) is 14.7. The minimum Gasteiger partial charge on any atom is -0.478 e. The zero-order valence-corrected chi connectivity index (χ0v) is 28.1. The number of carboxylic acid groups (broad SMARTS) is 1. The van der Waals surface area contributed by atoms with Gasteiger partial charge in [-0.2, -0.15) is 0 Å². The molecule has 0 rings (SSSR count). The van der Waals surface area contributed by atoms with Crippen molar-refractivity contribution in [1.82, 2.24) is 10.6 Å². The van der Waals surface area contributed by atoms with Gasteiger partial charge in [-0.15, -0.1) is 0 Å². The van der Waals surface area contributed by atoms with E-state index in [0.717, 1.165) is 13.0 Å². The summed E-state index contributed by atoms with van der Waals surface area (Å²) in [5.41, 5.74) is 1.05. The predicted molar refractivity (Wildman–Crippen MR) is 175 cm³/mol. The van der Waals surface area contributed by atoms with Crippen LogP contribution in [0.4, 0.5) is 0 Å². The number of carbonyl (C=O) groups excluding carboxylic acids is 3. The Labute approximate surface area is 260 Å². The highest BCUT2D eigenvalue weighted by molar-refractivity contribution is 5.88. The monoisotopic (exact) mass is 612 g/mol. The van der Waals surface area contributed by atoms with Gasteiger partial charge >= 0.3 is 17.9 Å². The van der Waals surface area contributed by atoms with Crippen LogP contribution in [0.5, 0.6) is 0 Å². The Morgan fingerprint density at radius 1 is 0.930 bits per heavy atom. The lowest BCUT2D eigenvalue weighted by Crippen LogP contribution is -2.38. The molecular weight excluding hydrogens is 552 g/mol. The molecule has 0 bridgehead atoms. The Morgan fingerprint density at radius 3 is 1.84 bits per heavy atom. The second kappa shape index (κ2) is 30.2. The van der Waals surface area contributed by atoms with Gasteiger partial charge in [-0.3, -0.25) is 4.79 Å². The van der Waals surface area contributed by atoms with Gasteiger partial charge in [-0.1, -0.05) is 65.3 Å². The molecule has 0 aromatic carbocycles. The Hall–Kier alpha value is -3.24. The van der Waals surface area contributed by atoms with Gasteiger partial charge in [-0.05, 0) is 66.9 Å². The highest BCUT2D eigenvalue weighted by Crippen LogP contribution is 2.05. The van der Waals surface area contributed by atoms with Crippen molar-refractivity contribution in [3.63, 3.8) is 0 Å². The Balaban J connectivity index is -0.000000242. The number of carboxylic acids is 1. The fourth-order valence-electron chi connectivity index (χ4n) is 2.53. The summed E-state index contributed by atoms with van der Waals surface area (Å²) in [4.78, 5) is 42.1. The van der Waals surface area contributed by atoms with Crippen LogP contribution in [0.2, 0.25) is 0 Å². The summed E-state index contributed by atoms with van der Waals surface area (Å²) in [6.07, 6.45) is 9.22. The number of hydrogen-bond acceptors (Lipinski definition) is 8. The van der Waals surface area contributed by atoms with Crippen LogP contribution in [0.25, 0.3) is 0 Å². The van der Waals surface area contributed by atoms with E-state index in [-0.39, 0.29) is 29.0 Å². The minimum absolute atomic E-state index is 0.00453. The Morgan fingerprint density at radius 2 is 1.47 bits per heavy atom. The number of aliphatic carboxylic acids is 1. The molecule has 1 atom stereocenters. The van der Waals surface area contributed by atoms with Crippen LogP contribution in [0.1, 0.15) is 99.8 Å². The van der Waals surface area contributed by atoms with E-state index in [4.69, 9.17) is 14.9 Å². The van der Waals surface area contributed by atoms with E-state index in [9.17, 15) is 19.2 Å². The molecule has 0 saturated carbocycles. The molecule has 10 nitrogen and oxygen atoms in total. The van der Waals surface area contributed by atoms with Crippen molar-refractivity contribution in [3.05, 3.63) is 49.1 Å². The summed E-state index contributed by atoms with van der Waals surface area (Å²) >= 11 is 0. The van der Waals surface area contributed by atoms with E-state index in [2.05, 4.69) is 48.6 Å². The normalized spacial score (nSPS) is 10.4. The van der Waals surface area contributed by atoms with Gasteiger partial charge in [0.2, 0.25) is 5.91 Å². The summed E-state index contributed by atoms with van der Waals surface area (Å²) < 4.78 is 9.06. The first kappa shape index (κ1) is 46.7. The maximum atomic E-state index is 11.1. The van der Waals surface area contributed by atoms with Crippen molar-refractivity contribution in [3.8, 4) is 0 Å². The van der Waals surface area contributed by atoms with E-state index in [0.29, 0.717) is 37.1 Å². The number of aliphatic hydroxyl groups excluding tert-OH is 1. The van der Waals surface area contributed by atoms with Gasteiger partial charge < -0.3 is 30.3 Å². The predicted octanol–water partition coefficient (Wildman–Crippen LogP) is 5.67. The summed E-state index contributed by atoms with van der Waals surface area (Å²) in [6, 6.07) is 0. The van der Waals surface area contributed by atoms with Crippen LogP contribution in [0.3, 0.4) is 0 Å². The number of carbonyl (C=O) groups is 4. The molecule has 4 N–H and O–H groups in total.